The van der Waals surface area contributed by atoms with E-state index in [-0.39, 0.29) is 22.4 Å². The van der Waals surface area contributed by atoms with Gasteiger partial charge in [-0.2, -0.15) is 31.9 Å². The number of rotatable bonds is 6. The minimum atomic E-state index is -5.83. The minimum absolute atomic E-state index is 0.0295. The summed E-state index contributed by atoms with van der Waals surface area (Å²) in [4.78, 5) is 17.1. The second-order valence-electron chi connectivity index (χ2n) is 8.13. The number of aryl methyl sites for hydroxylation is 1. The summed E-state index contributed by atoms with van der Waals surface area (Å²) in [6, 6.07) is 5.09. The summed E-state index contributed by atoms with van der Waals surface area (Å²) >= 11 is 1.31. The molecular formula is C21H20F5N5O2S. The molecule has 0 radical (unpaired) electrons. The first-order chi connectivity index (χ1) is 15.6. The predicted octanol–water partition coefficient (Wildman–Crippen LogP) is 4.15. The Morgan fingerprint density at radius 2 is 1.85 bits per heavy atom. The Kier molecular flexibility index (Phi) is 6.43. The molecule has 0 N–H and O–H groups in total. The van der Waals surface area contributed by atoms with E-state index >= 15 is 0 Å². The molecule has 0 spiro atoms. The lowest BCUT2D eigenvalue weighted by atomic mass is 9.87. The van der Waals surface area contributed by atoms with Crippen LogP contribution in [0.25, 0.3) is 22.4 Å². The van der Waals surface area contributed by atoms with Crippen LogP contribution < -0.4 is 10.4 Å². The number of thioether (sulfide) groups is 1. The van der Waals surface area contributed by atoms with Crippen molar-refractivity contribution in [2.75, 3.05) is 5.75 Å². The maximum Gasteiger partial charge on any atom is 0.455 e. The van der Waals surface area contributed by atoms with Crippen molar-refractivity contribution in [3.05, 3.63) is 45.8 Å². The lowest BCUT2D eigenvalue weighted by Crippen LogP contribution is -2.42. The Balaban J connectivity index is 2.21. The van der Waals surface area contributed by atoms with E-state index in [0.717, 1.165) is 10.8 Å². The zero-order chi connectivity index (χ0) is 25.6. The van der Waals surface area contributed by atoms with E-state index in [9.17, 15) is 37.2 Å². The van der Waals surface area contributed by atoms with E-state index in [1.165, 1.54) is 31.1 Å². The van der Waals surface area contributed by atoms with Gasteiger partial charge in [0.15, 0.2) is 6.20 Å². The van der Waals surface area contributed by atoms with E-state index in [2.05, 4.69) is 11.1 Å². The summed E-state index contributed by atoms with van der Waals surface area (Å²) in [5, 5.41) is 22.4. The largest absolute Gasteiger partial charge is 0.618 e. The van der Waals surface area contributed by atoms with Crippen molar-refractivity contribution in [1.29, 1.82) is 5.26 Å². The summed E-state index contributed by atoms with van der Waals surface area (Å²) in [5.74, 6) is -4.55. The third kappa shape index (κ3) is 4.34. The first-order valence-electron chi connectivity index (χ1n) is 9.96. The average molecular weight is 501 g/mol. The Hall–Kier alpha value is -3.14. The number of pyridine rings is 2. The van der Waals surface area contributed by atoms with Gasteiger partial charge in [0.05, 0.1) is 33.6 Å². The van der Waals surface area contributed by atoms with E-state index in [0.29, 0.717) is 25.5 Å². The van der Waals surface area contributed by atoms with Crippen molar-refractivity contribution in [2.24, 2.45) is 7.05 Å². The number of halogens is 5. The maximum atomic E-state index is 13.6. The van der Waals surface area contributed by atoms with Crippen LogP contribution in [-0.2, 0) is 19.0 Å². The molecule has 0 aliphatic carbocycles. The molecule has 0 unspecified atom stereocenters. The number of fused-ring (bicyclic) bond motifs is 1. The Labute approximate surface area is 195 Å². The van der Waals surface area contributed by atoms with Crippen molar-refractivity contribution in [2.45, 2.75) is 49.7 Å². The van der Waals surface area contributed by atoms with Gasteiger partial charge in [0.1, 0.15) is 12.2 Å². The molecule has 3 aromatic heterocycles. The smallest absolute Gasteiger partial charge is 0.455 e. The third-order valence-corrected chi connectivity index (χ3v) is 6.25. The van der Waals surface area contributed by atoms with Crippen molar-refractivity contribution >= 4 is 22.8 Å². The number of hydrogen-bond donors (Lipinski definition) is 0. The summed E-state index contributed by atoms with van der Waals surface area (Å²) in [7, 11) is 1.22. The molecule has 0 aliphatic rings. The van der Waals surface area contributed by atoms with Crippen molar-refractivity contribution in [3.8, 4) is 17.5 Å². The SMILES string of the molecule is CCSc1cc(C(C)(C)C#N)c[n+]([O-])c1-c1cc2c(cn1)n(CC(F)(F)C(F)(F)F)c(=O)n2C. The van der Waals surface area contributed by atoms with E-state index in [1.54, 1.807) is 19.9 Å². The van der Waals surface area contributed by atoms with Crippen LogP contribution >= 0.6 is 11.8 Å². The molecule has 0 saturated carbocycles. The second kappa shape index (κ2) is 8.57. The van der Waals surface area contributed by atoms with Crippen LogP contribution in [0.5, 0.6) is 0 Å². The molecule has 13 heteroatoms. The van der Waals surface area contributed by atoms with Crippen molar-refractivity contribution in [3.63, 3.8) is 0 Å². The molecule has 0 aliphatic heterocycles. The fourth-order valence-electron chi connectivity index (χ4n) is 3.33. The molecule has 3 rings (SSSR count). The monoisotopic (exact) mass is 501 g/mol. The molecule has 0 aromatic carbocycles. The number of nitriles is 1. The first kappa shape index (κ1) is 25.5. The van der Waals surface area contributed by atoms with Gasteiger partial charge in [0, 0.05) is 12.6 Å². The summed E-state index contributed by atoms with van der Waals surface area (Å²) in [6.45, 7) is 3.26. The average Bonchev–Trinajstić information content (AvgIpc) is 2.97. The molecule has 34 heavy (non-hydrogen) atoms. The van der Waals surface area contributed by atoms with Gasteiger partial charge in [0.25, 0.3) is 5.69 Å². The van der Waals surface area contributed by atoms with Gasteiger partial charge in [-0.15, -0.1) is 11.8 Å². The Morgan fingerprint density at radius 3 is 2.41 bits per heavy atom. The summed E-state index contributed by atoms with van der Waals surface area (Å²) in [5.41, 5.74) is -1.56. The molecule has 0 bridgehead atoms. The lowest BCUT2D eigenvalue weighted by molar-refractivity contribution is -0.596. The molecule has 0 fully saturated rings. The normalized spacial score (nSPS) is 12.8. The Bertz CT molecular complexity index is 1350. The zero-order valence-corrected chi connectivity index (χ0v) is 19.4. The predicted molar refractivity (Wildman–Crippen MR) is 115 cm³/mol. The highest BCUT2D eigenvalue weighted by atomic mass is 32.2. The maximum absolute atomic E-state index is 13.6. The summed E-state index contributed by atoms with van der Waals surface area (Å²) < 4.78 is 67.2. The van der Waals surface area contributed by atoms with Crippen molar-refractivity contribution in [1.82, 2.24) is 14.1 Å². The molecule has 0 atom stereocenters. The highest BCUT2D eigenvalue weighted by Crippen LogP contribution is 2.37. The van der Waals surface area contributed by atoms with Crippen LogP contribution in [0.1, 0.15) is 26.3 Å². The second-order valence-corrected chi connectivity index (χ2v) is 9.43. The van der Waals surface area contributed by atoms with Gasteiger partial charge < -0.3 is 5.21 Å². The van der Waals surface area contributed by atoms with Crippen LogP contribution in [0.2, 0.25) is 0 Å². The molecule has 7 nitrogen and oxygen atoms in total. The van der Waals surface area contributed by atoms with Gasteiger partial charge in [-0.05, 0) is 31.7 Å². The van der Waals surface area contributed by atoms with E-state index in [4.69, 9.17) is 0 Å². The number of nitrogens with zero attached hydrogens (tertiary/aromatic N) is 5. The van der Waals surface area contributed by atoms with Gasteiger partial charge in [-0.3, -0.25) is 9.13 Å². The first-order valence-corrected chi connectivity index (χ1v) is 10.9. The van der Waals surface area contributed by atoms with Gasteiger partial charge in [0.2, 0.25) is 0 Å². The molecular weight excluding hydrogens is 481 g/mol. The van der Waals surface area contributed by atoms with Gasteiger partial charge in [-0.1, -0.05) is 6.92 Å². The fourth-order valence-corrected chi connectivity index (χ4v) is 4.18. The number of aromatic nitrogens is 4. The number of hydrogen-bond acceptors (Lipinski definition) is 5. The van der Waals surface area contributed by atoms with Gasteiger partial charge in [-0.25, -0.2) is 9.78 Å². The number of alkyl halides is 5. The Morgan fingerprint density at radius 1 is 1.21 bits per heavy atom. The fraction of sp³-hybridized carbons (Fsp3) is 0.429. The van der Waals surface area contributed by atoms with Crippen molar-refractivity contribution < 1.29 is 26.7 Å². The molecule has 0 amide bonds. The van der Waals surface area contributed by atoms with E-state index < -0.39 is 29.7 Å². The molecule has 182 valence electrons. The molecule has 3 heterocycles. The summed E-state index contributed by atoms with van der Waals surface area (Å²) in [6.07, 6.45) is -3.61. The third-order valence-electron chi connectivity index (χ3n) is 5.34. The lowest BCUT2D eigenvalue weighted by Gasteiger charge is -2.19. The van der Waals surface area contributed by atoms with E-state index in [1.807, 2.05) is 6.92 Å². The van der Waals surface area contributed by atoms with Crippen LogP contribution in [0.3, 0.4) is 0 Å². The standard InChI is InChI=1S/C21H20F5N5O2S/c1-5-34-16-6-12(19(2,3)10-27)9-31(33)17(16)13-7-14-15(8-28-13)30(18(32)29(14)4)11-20(22,23)21(24,25)26/h6-9H,5,11H2,1-4H3. The number of imidazole rings is 1. The minimum Gasteiger partial charge on any atom is -0.618 e. The van der Waals surface area contributed by atoms with Crippen LogP contribution in [0, 0.1) is 16.5 Å². The quantitative estimate of drug-likeness (QED) is 0.219. The van der Waals surface area contributed by atoms with Gasteiger partial charge >= 0.3 is 17.8 Å². The van der Waals surface area contributed by atoms with Crippen LogP contribution in [0.4, 0.5) is 22.0 Å². The highest BCUT2D eigenvalue weighted by Gasteiger charge is 2.58. The molecule has 0 saturated heterocycles. The topological polar surface area (TPSA) is 90.6 Å². The highest BCUT2D eigenvalue weighted by molar-refractivity contribution is 7.99. The van der Waals surface area contributed by atoms with Crippen LogP contribution in [0.15, 0.2) is 34.2 Å². The molecule has 3 aromatic rings. The van der Waals surface area contributed by atoms with Crippen LogP contribution in [-0.4, -0.2) is 32.0 Å². The zero-order valence-electron chi connectivity index (χ0n) is 18.6.